The van der Waals surface area contributed by atoms with Crippen molar-refractivity contribution in [2.45, 2.75) is 57.9 Å². The zero-order chi connectivity index (χ0) is 12.1. The minimum Gasteiger partial charge on any atom is -0.356 e. The molecule has 2 atom stereocenters. The normalized spacial score (nSPS) is 28.4. The second kappa shape index (κ2) is 8.23. The molecule has 2 unspecified atom stereocenters. The lowest BCUT2D eigenvalue weighted by molar-refractivity contribution is 0.324. The Balaban J connectivity index is 0.00000162. The first-order chi connectivity index (χ1) is 8.28. The molecule has 2 aliphatic rings. The summed E-state index contributed by atoms with van der Waals surface area (Å²) in [6.45, 7) is 3.43. The molecule has 0 spiro atoms. The molecule has 2 rings (SSSR count). The van der Waals surface area contributed by atoms with Gasteiger partial charge in [0, 0.05) is 19.6 Å². The van der Waals surface area contributed by atoms with E-state index in [4.69, 9.17) is 0 Å². The summed E-state index contributed by atoms with van der Waals surface area (Å²) in [6.07, 6.45) is 9.53. The van der Waals surface area contributed by atoms with Crippen molar-refractivity contribution in [1.82, 2.24) is 10.6 Å². The third kappa shape index (κ3) is 5.76. The van der Waals surface area contributed by atoms with Crippen LogP contribution < -0.4 is 10.6 Å². The van der Waals surface area contributed by atoms with Crippen LogP contribution in [0.3, 0.4) is 0 Å². The van der Waals surface area contributed by atoms with E-state index in [0.29, 0.717) is 6.04 Å². The second-order valence-corrected chi connectivity index (χ2v) is 5.84. The van der Waals surface area contributed by atoms with E-state index in [2.05, 4.69) is 22.5 Å². The van der Waals surface area contributed by atoms with Crippen molar-refractivity contribution in [3.05, 3.63) is 0 Å². The molecule has 2 N–H and O–H groups in total. The Morgan fingerprint density at radius 2 is 2.00 bits per heavy atom. The molecule has 0 aromatic rings. The van der Waals surface area contributed by atoms with E-state index >= 15 is 0 Å². The number of rotatable bonds is 4. The lowest BCUT2D eigenvalue weighted by Crippen LogP contribution is -2.45. The molecule has 0 saturated heterocycles. The van der Waals surface area contributed by atoms with Gasteiger partial charge in [-0.25, -0.2) is 0 Å². The van der Waals surface area contributed by atoms with Crippen LogP contribution in [0.5, 0.6) is 0 Å². The molecule has 0 aliphatic heterocycles. The highest BCUT2D eigenvalue weighted by molar-refractivity contribution is 14.0. The van der Waals surface area contributed by atoms with Gasteiger partial charge in [0.05, 0.1) is 0 Å². The first-order valence-electron chi connectivity index (χ1n) is 7.25. The number of nitrogens with zero attached hydrogens (tertiary/aromatic N) is 1. The third-order valence-corrected chi connectivity index (χ3v) is 4.04. The van der Waals surface area contributed by atoms with Gasteiger partial charge < -0.3 is 10.6 Å². The smallest absolute Gasteiger partial charge is 0.191 e. The van der Waals surface area contributed by atoms with Crippen molar-refractivity contribution < 1.29 is 0 Å². The highest BCUT2D eigenvalue weighted by atomic mass is 127. The zero-order valence-electron chi connectivity index (χ0n) is 11.7. The molecule has 0 bridgehead atoms. The van der Waals surface area contributed by atoms with E-state index in [0.717, 1.165) is 24.3 Å². The maximum Gasteiger partial charge on any atom is 0.191 e. The van der Waals surface area contributed by atoms with Crippen molar-refractivity contribution in [3.8, 4) is 0 Å². The molecular formula is C14H28IN3. The monoisotopic (exact) mass is 365 g/mol. The van der Waals surface area contributed by atoms with Crippen LogP contribution in [0.1, 0.15) is 51.9 Å². The van der Waals surface area contributed by atoms with Crippen LogP contribution in [0, 0.1) is 11.8 Å². The molecule has 0 radical (unpaired) electrons. The molecule has 0 heterocycles. The summed E-state index contributed by atoms with van der Waals surface area (Å²) < 4.78 is 0. The Morgan fingerprint density at radius 3 is 2.61 bits per heavy atom. The molecule has 3 nitrogen and oxygen atoms in total. The van der Waals surface area contributed by atoms with Crippen LogP contribution in [0.2, 0.25) is 0 Å². The maximum absolute atomic E-state index is 4.32. The molecule has 2 saturated carbocycles. The standard InChI is InChI=1S/C14H27N3.HI/c1-11-4-3-5-13(10-11)17-14(15-2)16-9-8-12-6-7-12;/h11-13H,3-10H2,1-2H3,(H2,15,16,17);1H. The lowest BCUT2D eigenvalue weighted by Gasteiger charge is -2.28. The minimum atomic E-state index is 0. The molecule has 18 heavy (non-hydrogen) atoms. The van der Waals surface area contributed by atoms with Crippen molar-refractivity contribution >= 4 is 29.9 Å². The average molecular weight is 365 g/mol. The van der Waals surface area contributed by atoms with Crippen molar-refractivity contribution in [2.24, 2.45) is 16.8 Å². The second-order valence-electron chi connectivity index (χ2n) is 5.84. The fourth-order valence-corrected chi connectivity index (χ4v) is 2.75. The number of hydrogen-bond donors (Lipinski definition) is 2. The fourth-order valence-electron chi connectivity index (χ4n) is 2.75. The fraction of sp³-hybridized carbons (Fsp3) is 0.929. The molecule has 0 amide bonds. The quantitative estimate of drug-likeness (QED) is 0.456. The zero-order valence-corrected chi connectivity index (χ0v) is 14.1. The predicted molar refractivity (Wildman–Crippen MR) is 88.7 cm³/mol. The Hall–Kier alpha value is 0. The van der Waals surface area contributed by atoms with E-state index in [1.54, 1.807) is 0 Å². The van der Waals surface area contributed by atoms with Gasteiger partial charge in [-0.1, -0.05) is 32.6 Å². The van der Waals surface area contributed by atoms with Crippen LogP contribution in [0.15, 0.2) is 4.99 Å². The van der Waals surface area contributed by atoms with Gasteiger partial charge >= 0.3 is 0 Å². The van der Waals surface area contributed by atoms with Crippen LogP contribution in [0.25, 0.3) is 0 Å². The number of hydrogen-bond acceptors (Lipinski definition) is 1. The van der Waals surface area contributed by atoms with Gasteiger partial charge in [-0.15, -0.1) is 24.0 Å². The van der Waals surface area contributed by atoms with Gasteiger partial charge in [0.15, 0.2) is 5.96 Å². The van der Waals surface area contributed by atoms with E-state index in [1.165, 1.54) is 44.9 Å². The first kappa shape index (κ1) is 16.1. The van der Waals surface area contributed by atoms with Gasteiger partial charge in [-0.05, 0) is 31.1 Å². The average Bonchev–Trinajstić information content (AvgIpc) is 3.12. The Bertz CT molecular complexity index is 264. The summed E-state index contributed by atoms with van der Waals surface area (Å²) in [5, 5.41) is 7.01. The van der Waals surface area contributed by atoms with E-state index in [9.17, 15) is 0 Å². The van der Waals surface area contributed by atoms with Gasteiger partial charge in [0.2, 0.25) is 0 Å². The minimum absolute atomic E-state index is 0. The Morgan fingerprint density at radius 1 is 1.22 bits per heavy atom. The molecule has 106 valence electrons. The molecule has 4 heteroatoms. The first-order valence-corrected chi connectivity index (χ1v) is 7.25. The largest absolute Gasteiger partial charge is 0.356 e. The van der Waals surface area contributed by atoms with Crippen molar-refractivity contribution in [2.75, 3.05) is 13.6 Å². The highest BCUT2D eigenvalue weighted by Crippen LogP contribution is 2.31. The van der Waals surface area contributed by atoms with Gasteiger partial charge in [-0.3, -0.25) is 4.99 Å². The summed E-state index contributed by atoms with van der Waals surface area (Å²) in [7, 11) is 1.87. The molecule has 2 aliphatic carbocycles. The van der Waals surface area contributed by atoms with Crippen molar-refractivity contribution in [1.29, 1.82) is 0 Å². The van der Waals surface area contributed by atoms with Crippen molar-refractivity contribution in [3.63, 3.8) is 0 Å². The van der Waals surface area contributed by atoms with Crippen LogP contribution in [0.4, 0.5) is 0 Å². The summed E-state index contributed by atoms with van der Waals surface area (Å²) in [4.78, 5) is 4.32. The van der Waals surface area contributed by atoms with E-state index in [1.807, 2.05) is 7.05 Å². The molecule has 0 aromatic heterocycles. The number of halogens is 1. The van der Waals surface area contributed by atoms with Gasteiger partial charge in [0.25, 0.3) is 0 Å². The van der Waals surface area contributed by atoms with E-state index in [-0.39, 0.29) is 24.0 Å². The number of nitrogens with one attached hydrogen (secondary N) is 2. The summed E-state index contributed by atoms with van der Waals surface area (Å²) in [6, 6.07) is 0.630. The lowest BCUT2D eigenvalue weighted by atomic mass is 9.87. The summed E-state index contributed by atoms with van der Waals surface area (Å²) >= 11 is 0. The molecule has 0 aromatic carbocycles. The maximum atomic E-state index is 4.32. The Labute approximate surface area is 129 Å². The summed E-state index contributed by atoms with van der Waals surface area (Å²) in [5.74, 6) is 2.87. The highest BCUT2D eigenvalue weighted by Gasteiger charge is 2.21. The van der Waals surface area contributed by atoms with E-state index < -0.39 is 0 Å². The molecule has 2 fully saturated rings. The number of guanidine groups is 1. The van der Waals surface area contributed by atoms with Gasteiger partial charge in [0.1, 0.15) is 0 Å². The van der Waals surface area contributed by atoms with Crippen LogP contribution >= 0.6 is 24.0 Å². The Kier molecular flexibility index (Phi) is 7.34. The number of aliphatic imine (C=N–C) groups is 1. The third-order valence-electron chi connectivity index (χ3n) is 4.04. The molecular weight excluding hydrogens is 337 g/mol. The van der Waals surface area contributed by atoms with Gasteiger partial charge in [-0.2, -0.15) is 0 Å². The predicted octanol–water partition coefficient (Wildman–Crippen LogP) is 3.15. The summed E-state index contributed by atoms with van der Waals surface area (Å²) in [5.41, 5.74) is 0. The van der Waals surface area contributed by atoms with Crippen LogP contribution in [-0.2, 0) is 0 Å². The topological polar surface area (TPSA) is 36.4 Å². The SMILES string of the molecule is CN=C(NCCC1CC1)NC1CCCC(C)C1.I. The van der Waals surface area contributed by atoms with Crippen LogP contribution in [-0.4, -0.2) is 25.6 Å².